The Morgan fingerprint density at radius 2 is 2.54 bits per heavy atom. The van der Waals surface area contributed by atoms with Crippen LogP contribution in [-0.4, -0.2) is 5.97 Å². The van der Waals surface area contributed by atoms with Crippen molar-refractivity contribution in [2.75, 3.05) is 0 Å². The highest BCUT2D eigenvalue weighted by molar-refractivity contribution is 7.10. The number of fused-ring (bicyclic) bond motifs is 1. The number of aryl methyl sites for hydroxylation is 1. The molecular weight excluding hydrogens is 184 g/mol. The summed E-state index contributed by atoms with van der Waals surface area (Å²) in [5.74, 6) is -0.177. The Balaban J connectivity index is 2.20. The largest absolute Gasteiger partial charge is 0.458 e. The number of hydrogen-bond acceptors (Lipinski definition) is 3. The van der Waals surface area contributed by atoms with Gasteiger partial charge in [0.1, 0.15) is 6.10 Å². The number of rotatable bonds is 1. The van der Waals surface area contributed by atoms with Crippen molar-refractivity contribution < 1.29 is 9.53 Å². The predicted molar refractivity (Wildman–Crippen MR) is 51.8 cm³/mol. The predicted octanol–water partition coefficient (Wildman–Crippen LogP) is 2.69. The maximum absolute atomic E-state index is 10.8. The highest BCUT2D eigenvalue weighted by atomic mass is 32.1. The number of carbonyl (C=O) groups is 1. The van der Waals surface area contributed by atoms with Crippen molar-refractivity contribution in [2.45, 2.75) is 32.3 Å². The van der Waals surface area contributed by atoms with Gasteiger partial charge in [0.2, 0.25) is 0 Å². The third-order valence-corrected chi connectivity index (χ3v) is 3.30. The second-order valence-electron chi connectivity index (χ2n) is 3.29. The molecule has 70 valence electrons. The Kier molecular flexibility index (Phi) is 2.36. The SMILES string of the molecule is CC(=O)OC1CCCc2sccc21. The van der Waals surface area contributed by atoms with E-state index < -0.39 is 0 Å². The van der Waals surface area contributed by atoms with Crippen LogP contribution in [0, 0.1) is 0 Å². The first-order chi connectivity index (χ1) is 6.27. The molecule has 1 aromatic heterocycles. The van der Waals surface area contributed by atoms with Gasteiger partial charge in [0.05, 0.1) is 0 Å². The molecule has 1 atom stereocenters. The average molecular weight is 196 g/mol. The van der Waals surface area contributed by atoms with Crippen molar-refractivity contribution in [1.29, 1.82) is 0 Å². The summed E-state index contributed by atoms with van der Waals surface area (Å²) < 4.78 is 5.24. The Bertz CT molecular complexity index is 316. The van der Waals surface area contributed by atoms with E-state index in [-0.39, 0.29) is 12.1 Å². The number of ether oxygens (including phenoxy) is 1. The van der Waals surface area contributed by atoms with E-state index in [2.05, 4.69) is 11.4 Å². The standard InChI is InChI=1S/C10H12O2S/c1-7(11)12-9-3-2-4-10-8(9)5-6-13-10/h5-6,9H,2-4H2,1H3. The highest BCUT2D eigenvalue weighted by Gasteiger charge is 2.23. The zero-order valence-corrected chi connectivity index (χ0v) is 8.39. The molecular formula is C10H12O2S. The van der Waals surface area contributed by atoms with Crippen molar-refractivity contribution in [3.05, 3.63) is 21.9 Å². The molecule has 3 heteroatoms. The summed E-state index contributed by atoms with van der Waals surface area (Å²) in [6.45, 7) is 1.47. The molecule has 0 spiro atoms. The van der Waals surface area contributed by atoms with Crippen molar-refractivity contribution in [3.8, 4) is 0 Å². The minimum Gasteiger partial charge on any atom is -0.458 e. The smallest absolute Gasteiger partial charge is 0.303 e. The molecule has 1 aliphatic rings. The van der Waals surface area contributed by atoms with Crippen molar-refractivity contribution in [2.24, 2.45) is 0 Å². The maximum atomic E-state index is 10.8. The fraction of sp³-hybridized carbons (Fsp3) is 0.500. The monoisotopic (exact) mass is 196 g/mol. The van der Waals surface area contributed by atoms with E-state index in [1.54, 1.807) is 11.3 Å². The summed E-state index contributed by atoms with van der Waals surface area (Å²) in [7, 11) is 0. The average Bonchev–Trinajstić information content (AvgIpc) is 2.51. The minimum atomic E-state index is -0.177. The number of carbonyl (C=O) groups excluding carboxylic acids is 1. The first kappa shape index (κ1) is 8.75. The topological polar surface area (TPSA) is 26.3 Å². The molecule has 2 nitrogen and oxygen atoms in total. The molecule has 0 aromatic carbocycles. The molecule has 0 N–H and O–H groups in total. The van der Waals surface area contributed by atoms with E-state index in [0.29, 0.717) is 0 Å². The van der Waals surface area contributed by atoms with Gasteiger partial charge in [-0.1, -0.05) is 0 Å². The normalized spacial score (nSPS) is 20.8. The molecule has 0 radical (unpaired) electrons. The van der Waals surface area contributed by atoms with E-state index in [9.17, 15) is 4.79 Å². The molecule has 0 aliphatic heterocycles. The Labute approximate surface area is 81.5 Å². The van der Waals surface area contributed by atoms with E-state index >= 15 is 0 Å². The molecule has 0 bridgehead atoms. The van der Waals surface area contributed by atoms with Crippen LogP contribution < -0.4 is 0 Å². The lowest BCUT2D eigenvalue weighted by Gasteiger charge is -2.21. The van der Waals surface area contributed by atoms with Crippen LogP contribution in [0.5, 0.6) is 0 Å². The van der Waals surface area contributed by atoms with Crippen LogP contribution in [-0.2, 0) is 16.0 Å². The van der Waals surface area contributed by atoms with Gasteiger partial charge in [-0.2, -0.15) is 0 Å². The Hall–Kier alpha value is -0.830. The first-order valence-electron chi connectivity index (χ1n) is 4.51. The van der Waals surface area contributed by atoms with Gasteiger partial charge in [-0.25, -0.2) is 0 Å². The zero-order chi connectivity index (χ0) is 9.26. The van der Waals surface area contributed by atoms with Gasteiger partial charge in [0.25, 0.3) is 0 Å². The second-order valence-corrected chi connectivity index (χ2v) is 4.29. The lowest BCUT2D eigenvalue weighted by atomic mass is 9.96. The molecule has 1 aliphatic carbocycles. The van der Waals surface area contributed by atoms with Crippen LogP contribution in [0.25, 0.3) is 0 Å². The quantitative estimate of drug-likeness (QED) is 0.645. The van der Waals surface area contributed by atoms with Gasteiger partial charge < -0.3 is 4.74 Å². The summed E-state index contributed by atoms with van der Waals surface area (Å²) in [6.07, 6.45) is 3.27. The fourth-order valence-electron chi connectivity index (χ4n) is 1.77. The van der Waals surface area contributed by atoms with Gasteiger partial charge in [-0.05, 0) is 30.7 Å². The molecule has 0 saturated heterocycles. The van der Waals surface area contributed by atoms with Crippen molar-refractivity contribution in [3.63, 3.8) is 0 Å². The van der Waals surface area contributed by atoms with Gasteiger partial charge in [0.15, 0.2) is 0 Å². The molecule has 0 fully saturated rings. The first-order valence-corrected chi connectivity index (χ1v) is 5.39. The number of esters is 1. The summed E-state index contributed by atoms with van der Waals surface area (Å²) in [4.78, 5) is 12.2. The number of thiophene rings is 1. The van der Waals surface area contributed by atoms with Crippen LogP contribution >= 0.6 is 11.3 Å². The third-order valence-electron chi connectivity index (χ3n) is 2.31. The maximum Gasteiger partial charge on any atom is 0.303 e. The summed E-state index contributed by atoms with van der Waals surface area (Å²) >= 11 is 1.76. The summed E-state index contributed by atoms with van der Waals surface area (Å²) in [6, 6.07) is 2.08. The van der Waals surface area contributed by atoms with Crippen LogP contribution in [0.15, 0.2) is 11.4 Å². The third kappa shape index (κ3) is 1.75. The van der Waals surface area contributed by atoms with Gasteiger partial charge in [-0.15, -0.1) is 11.3 Å². The fourth-order valence-corrected chi connectivity index (χ4v) is 2.74. The molecule has 2 rings (SSSR count). The number of hydrogen-bond donors (Lipinski definition) is 0. The minimum absolute atomic E-state index is 0.0208. The van der Waals surface area contributed by atoms with E-state index in [4.69, 9.17) is 4.74 Å². The molecule has 1 unspecified atom stereocenters. The summed E-state index contributed by atoms with van der Waals surface area (Å²) in [5.41, 5.74) is 1.23. The van der Waals surface area contributed by atoms with Gasteiger partial charge in [-0.3, -0.25) is 4.79 Å². The molecule has 0 saturated carbocycles. The zero-order valence-electron chi connectivity index (χ0n) is 7.58. The lowest BCUT2D eigenvalue weighted by molar-refractivity contribution is -0.147. The van der Waals surface area contributed by atoms with Crippen LogP contribution in [0.2, 0.25) is 0 Å². The van der Waals surface area contributed by atoms with E-state index in [0.717, 1.165) is 19.3 Å². The Morgan fingerprint density at radius 3 is 3.31 bits per heavy atom. The van der Waals surface area contributed by atoms with Gasteiger partial charge >= 0.3 is 5.97 Å². The van der Waals surface area contributed by atoms with Crippen LogP contribution in [0.4, 0.5) is 0 Å². The molecule has 13 heavy (non-hydrogen) atoms. The highest BCUT2D eigenvalue weighted by Crippen LogP contribution is 2.35. The lowest BCUT2D eigenvalue weighted by Crippen LogP contribution is -2.13. The second kappa shape index (κ2) is 3.50. The van der Waals surface area contributed by atoms with Crippen LogP contribution in [0.1, 0.15) is 36.3 Å². The van der Waals surface area contributed by atoms with E-state index in [1.807, 2.05) is 0 Å². The molecule has 1 heterocycles. The molecule has 1 aromatic rings. The van der Waals surface area contributed by atoms with Crippen molar-refractivity contribution in [1.82, 2.24) is 0 Å². The Morgan fingerprint density at radius 1 is 1.69 bits per heavy atom. The van der Waals surface area contributed by atoms with Gasteiger partial charge in [0, 0.05) is 17.4 Å². The summed E-state index contributed by atoms with van der Waals surface area (Å²) in [5, 5.41) is 2.08. The van der Waals surface area contributed by atoms with Crippen molar-refractivity contribution >= 4 is 17.3 Å². The molecule has 0 amide bonds. The van der Waals surface area contributed by atoms with E-state index in [1.165, 1.54) is 17.4 Å². The van der Waals surface area contributed by atoms with Crippen LogP contribution in [0.3, 0.4) is 0 Å².